The number of nitriles is 1. The van der Waals surface area contributed by atoms with Crippen molar-refractivity contribution >= 4 is 5.82 Å². The molecule has 0 unspecified atom stereocenters. The number of rotatable bonds is 3. The molecule has 90 valence electrons. The van der Waals surface area contributed by atoms with Gasteiger partial charge in [-0.3, -0.25) is 0 Å². The van der Waals surface area contributed by atoms with E-state index in [0.717, 1.165) is 0 Å². The fraction of sp³-hybridized carbons (Fsp3) is 0.154. The predicted molar refractivity (Wildman–Crippen MR) is 65.3 cm³/mol. The highest BCUT2D eigenvalue weighted by Crippen LogP contribution is 2.16. The molecule has 0 aliphatic carbocycles. The minimum atomic E-state index is -0.272. The van der Waals surface area contributed by atoms with Gasteiger partial charge < -0.3 is 4.90 Å². The molecule has 1 aromatic carbocycles. The van der Waals surface area contributed by atoms with Crippen LogP contribution in [0, 0.1) is 17.1 Å². The fourth-order valence-corrected chi connectivity index (χ4v) is 1.65. The van der Waals surface area contributed by atoms with Crippen molar-refractivity contribution in [3.8, 4) is 6.07 Å². The Labute approximate surface area is 104 Å². The van der Waals surface area contributed by atoms with E-state index in [4.69, 9.17) is 5.26 Å². The molecule has 0 amide bonds. The molecule has 0 aliphatic rings. The Kier molecular flexibility index (Phi) is 3.49. The number of hydrogen-bond acceptors (Lipinski definition) is 4. The first-order valence-electron chi connectivity index (χ1n) is 5.38. The molecule has 18 heavy (non-hydrogen) atoms. The number of halogens is 1. The van der Waals surface area contributed by atoms with Gasteiger partial charge in [-0.05, 0) is 6.07 Å². The average molecular weight is 242 g/mol. The Morgan fingerprint density at radius 2 is 2.00 bits per heavy atom. The van der Waals surface area contributed by atoms with Crippen molar-refractivity contribution in [2.45, 2.75) is 6.54 Å². The summed E-state index contributed by atoms with van der Waals surface area (Å²) in [5.41, 5.74) is 0.783. The zero-order chi connectivity index (χ0) is 13.0. The van der Waals surface area contributed by atoms with Crippen molar-refractivity contribution in [3.63, 3.8) is 0 Å². The Balaban J connectivity index is 2.26. The molecule has 1 heterocycles. The Morgan fingerprint density at radius 3 is 2.72 bits per heavy atom. The van der Waals surface area contributed by atoms with E-state index >= 15 is 0 Å². The molecular formula is C13H11FN4. The van der Waals surface area contributed by atoms with E-state index < -0.39 is 0 Å². The lowest BCUT2D eigenvalue weighted by molar-refractivity contribution is 0.607. The third kappa shape index (κ3) is 2.43. The van der Waals surface area contributed by atoms with Crippen LogP contribution in [0.2, 0.25) is 0 Å². The molecule has 0 atom stereocenters. The Hall–Kier alpha value is -2.48. The summed E-state index contributed by atoms with van der Waals surface area (Å²) in [6.45, 7) is 0.333. The lowest BCUT2D eigenvalue weighted by Crippen LogP contribution is -2.20. The van der Waals surface area contributed by atoms with Crippen molar-refractivity contribution < 1.29 is 4.39 Å². The third-order valence-corrected chi connectivity index (χ3v) is 2.51. The van der Waals surface area contributed by atoms with Crippen molar-refractivity contribution in [2.75, 3.05) is 11.9 Å². The Morgan fingerprint density at radius 1 is 1.28 bits per heavy atom. The van der Waals surface area contributed by atoms with Crippen LogP contribution < -0.4 is 4.90 Å². The number of benzene rings is 1. The van der Waals surface area contributed by atoms with E-state index in [1.165, 1.54) is 18.5 Å². The van der Waals surface area contributed by atoms with Gasteiger partial charge in [-0.1, -0.05) is 18.2 Å². The average Bonchev–Trinajstić information content (AvgIpc) is 2.41. The zero-order valence-electron chi connectivity index (χ0n) is 9.84. The van der Waals surface area contributed by atoms with E-state index in [1.807, 2.05) is 6.07 Å². The molecule has 0 saturated carbocycles. The second-order valence-electron chi connectivity index (χ2n) is 3.79. The van der Waals surface area contributed by atoms with Crippen molar-refractivity contribution in [1.29, 1.82) is 5.26 Å². The van der Waals surface area contributed by atoms with Gasteiger partial charge in [0.1, 0.15) is 11.9 Å². The van der Waals surface area contributed by atoms with E-state index in [9.17, 15) is 4.39 Å². The molecule has 0 N–H and O–H groups in total. The molecule has 0 aliphatic heterocycles. The van der Waals surface area contributed by atoms with Crippen LogP contribution in [0.3, 0.4) is 0 Å². The molecule has 4 nitrogen and oxygen atoms in total. The maximum absolute atomic E-state index is 13.5. The summed E-state index contributed by atoms with van der Waals surface area (Å²) >= 11 is 0. The largest absolute Gasteiger partial charge is 0.353 e. The highest BCUT2D eigenvalue weighted by Gasteiger charge is 2.11. The summed E-state index contributed by atoms with van der Waals surface area (Å²) in [6.07, 6.45) is 2.97. The highest BCUT2D eigenvalue weighted by molar-refractivity contribution is 5.49. The monoisotopic (exact) mass is 242 g/mol. The van der Waals surface area contributed by atoms with Crippen LogP contribution in [0.25, 0.3) is 0 Å². The molecule has 2 aromatic rings. The number of aromatic nitrogens is 2. The maximum atomic E-state index is 13.5. The van der Waals surface area contributed by atoms with E-state index in [-0.39, 0.29) is 11.5 Å². The van der Waals surface area contributed by atoms with Crippen LogP contribution in [-0.4, -0.2) is 17.0 Å². The number of nitrogens with zero attached hydrogens (tertiary/aromatic N) is 4. The molecule has 0 saturated heterocycles. The summed E-state index contributed by atoms with van der Waals surface area (Å²) in [7, 11) is 1.75. The van der Waals surface area contributed by atoms with Crippen LogP contribution >= 0.6 is 0 Å². The van der Waals surface area contributed by atoms with Gasteiger partial charge in [0.15, 0.2) is 11.5 Å². The SMILES string of the molecule is CN(Cc1ccccc1F)c1nccnc1C#N. The van der Waals surface area contributed by atoms with Gasteiger partial charge in [-0.2, -0.15) is 5.26 Å². The van der Waals surface area contributed by atoms with E-state index in [1.54, 1.807) is 30.1 Å². The number of anilines is 1. The van der Waals surface area contributed by atoms with Crippen LogP contribution in [0.4, 0.5) is 10.2 Å². The quantitative estimate of drug-likeness (QED) is 0.827. The summed E-state index contributed by atoms with van der Waals surface area (Å²) in [4.78, 5) is 9.72. The van der Waals surface area contributed by atoms with Crippen molar-refractivity contribution in [1.82, 2.24) is 9.97 Å². The molecule has 0 spiro atoms. The van der Waals surface area contributed by atoms with Crippen LogP contribution in [0.5, 0.6) is 0 Å². The van der Waals surface area contributed by atoms with Gasteiger partial charge in [0, 0.05) is 31.5 Å². The second-order valence-corrected chi connectivity index (χ2v) is 3.79. The molecule has 2 rings (SSSR count). The summed E-state index contributed by atoms with van der Waals surface area (Å²) < 4.78 is 13.5. The summed E-state index contributed by atoms with van der Waals surface area (Å²) in [6, 6.07) is 8.49. The highest BCUT2D eigenvalue weighted by atomic mass is 19.1. The standard InChI is InChI=1S/C13H11FN4/c1-18(9-10-4-2-3-5-11(10)14)13-12(8-15)16-6-7-17-13/h2-7H,9H2,1H3. The second kappa shape index (κ2) is 5.23. The molecule has 5 heteroatoms. The zero-order valence-corrected chi connectivity index (χ0v) is 9.84. The first kappa shape index (κ1) is 12.0. The minimum absolute atomic E-state index is 0.233. The van der Waals surface area contributed by atoms with Gasteiger partial charge in [-0.25, -0.2) is 14.4 Å². The summed E-state index contributed by atoms with van der Waals surface area (Å²) in [5.74, 6) is 0.176. The Bertz CT molecular complexity index is 592. The van der Waals surface area contributed by atoms with Crippen molar-refractivity contribution in [3.05, 3.63) is 53.7 Å². The normalized spacial score (nSPS) is 9.83. The predicted octanol–water partition coefficient (Wildman–Crippen LogP) is 2.12. The van der Waals surface area contributed by atoms with Gasteiger partial charge in [0.2, 0.25) is 0 Å². The summed E-state index contributed by atoms with van der Waals surface area (Å²) in [5, 5.41) is 8.93. The molecule has 0 fully saturated rings. The van der Waals surface area contributed by atoms with Gasteiger partial charge in [0.25, 0.3) is 0 Å². The van der Waals surface area contributed by atoms with Crippen LogP contribution in [0.1, 0.15) is 11.3 Å². The van der Waals surface area contributed by atoms with Crippen LogP contribution in [0.15, 0.2) is 36.7 Å². The smallest absolute Gasteiger partial charge is 0.183 e. The van der Waals surface area contributed by atoms with Gasteiger partial charge >= 0.3 is 0 Å². The molecular weight excluding hydrogens is 231 g/mol. The third-order valence-electron chi connectivity index (χ3n) is 2.51. The van der Waals surface area contributed by atoms with E-state index in [0.29, 0.717) is 17.9 Å². The van der Waals surface area contributed by atoms with Gasteiger partial charge in [-0.15, -0.1) is 0 Å². The number of hydrogen-bond donors (Lipinski definition) is 0. The topological polar surface area (TPSA) is 52.8 Å². The van der Waals surface area contributed by atoms with Gasteiger partial charge in [0.05, 0.1) is 0 Å². The minimum Gasteiger partial charge on any atom is -0.353 e. The first-order valence-corrected chi connectivity index (χ1v) is 5.38. The maximum Gasteiger partial charge on any atom is 0.183 e. The molecule has 0 bridgehead atoms. The van der Waals surface area contributed by atoms with Crippen LogP contribution in [-0.2, 0) is 6.54 Å². The van der Waals surface area contributed by atoms with E-state index in [2.05, 4.69) is 9.97 Å². The first-order chi connectivity index (χ1) is 8.72. The van der Waals surface area contributed by atoms with Crippen molar-refractivity contribution in [2.24, 2.45) is 0 Å². The fourth-order valence-electron chi connectivity index (χ4n) is 1.65. The molecule has 0 radical (unpaired) electrons. The lowest BCUT2D eigenvalue weighted by atomic mass is 10.2. The lowest BCUT2D eigenvalue weighted by Gasteiger charge is -2.18. The molecule has 1 aromatic heterocycles.